The minimum absolute atomic E-state index is 0.0937. The molecular weight excluding hydrogens is 420 g/mol. The Kier molecular flexibility index (Phi) is 8.91. The van der Waals surface area contributed by atoms with Crippen LogP contribution in [0.15, 0.2) is 36.5 Å². The third-order valence-corrected chi connectivity index (χ3v) is 6.58. The zero-order chi connectivity index (χ0) is 23.3. The van der Waals surface area contributed by atoms with E-state index in [1.54, 1.807) is 29.8 Å². The SMILES string of the molecule is CO[C@@H](C(=O)N[C@H]1CSC2C=CC=CC2N(C)C1=O)[C@H](O)[C@@H](O)[C@H](O)/C=C/C(C)(C)C. The first kappa shape index (κ1) is 25.6. The monoisotopic (exact) mass is 454 g/mol. The summed E-state index contributed by atoms with van der Waals surface area (Å²) in [5.74, 6) is -0.615. The van der Waals surface area contributed by atoms with E-state index in [9.17, 15) is 24.9 Å². The van der Waals surface area contributed by atoms with Gasteiger partial charge in [0.2, 0.25) is 5.91 Å². The van der Waals surface area contributed by atoms with E-state index in [0.717, 1.165) is 0 Å². The Hall–Kier alpha value is -1.65. The van der Waals surface area contributed by atoms with E-state index in [2.05, 4.69) is 5.32 Å². The van der Waals surface area contributed by atoms with Crippen molar-refractivity contribution in [2.75, 3.05) is 19.9 Å². The Balaban J connectivity index is 2.06. The molecule has 0 aromatic heterocycles. The van der Waals surface area contributed by atoms with Crippen molar-refractivity contribution in [3.05, 3.63) is 36.5 Å². The number of nitrogens with one attached hydrogen (secondary N) is 1. The van der Waals surface area contributed by atoms with Crippen LogP contribution >= 0.6 is 11.8 Å². The Bertz CT molecular complexity index is 732. The number of aliphatic hydroxyl groups is 3. The fourth-order valence-electron chi connectivity index (χ4n) is 3.39. The number of nitrogens with zero attached hydrogens (tertiary/aromatic N) is 1. The number of carbonyl (C=O) groups is 2. The van der Waals surface area contributed by atoms with Crippen LogP contribution in [0.5, 0.6) is 0 Å². The molecule has 2 aliphatic rings. The first-order valence-electron chi connectivity index (χ1n) is 10.3. The zero-order valence-corrected chi connectivity index (χ0v) is 19.5. The van der Waals surface area contributed by atoms with Crippen molar-refractivity contribution < 1.29 is 29.6 Å². The van der Waals surface area contributed by atoms with Crippen LogP contribution < -0.4 is 5.32 Å². The lowest BCUT2D eigenvalue weighted by molar-refractivity contribution is -0.151. The standard InChI is InChI=1S/C22H34N2O6S/c1-22(2,3)11-10-15(25)17(26)18(27)19(30-5)20(28)23-13-12-31-16-9-7-6-8-14(16)24(4)21(13)29/h6-11,13-19,25-27H,12H2,1-5H3,(H,23,28)/b11-10+/t13-,14?,15+,16?,17-,18+,19+/m0/s1. The van der Waals surface area contributed by atoms with Crippen molar-refractivity contribution in [2.45, 2.75) is 62.5 Å². The molecule has 0 radical (unpaired) electrons. The molecule has 1 heterocycles. The minimum Gasteiger partial charge on any atom is -0.387 e. The number of ether oxygens (including phenoxy) is 1. The van der Waals surface area contributed by atoms with Gasteiger partial charge in [0.1, 0.15) is 24.4 Å². The van der Waals surface area contributed by atoms with Gasteiger partial charge in [-0.25, -0.2) is 0 Å². The largest absolute Gasteiger partial charge is 0.387 e. The molecule has 174 valence electrons. The van der Waals surface area contributed by atoms with Crippen molar-refractivity contribution in [2.24, 2.45) is 5.41 Å². The summed E-state index contributed by atoms with van der Waals surface area (Å²) in [6.07, 6.45) is 4.70. The van der Waals surface area contributed by atoms with Crippen LogP contribution in [-0.4, -0.2) is 93.7 Å². The molecule has 9 heteroatoms. The summed E-state index contributed by atoms with van der Waals surface area (Å²) >= 11 is 1.56. The highest BCUT2D eigenvalue weighted by Gasteiger charge is 2.40. The lowest BCUT2D eigenvalue weighted by Crippen LogP contribution is -2.56. The predicted molar refractivity (Wildman–Crippen MR) is 120 cm³/mol. The van der Waals surface area contributed by atoms with E-state index in [-0.39, 0.29) is 22.6 Å². The fraction of sp³-hybridized carbons (Fsp3) is 0.636. The van der Waals surface area contributed by atoms with Crippen LogP contribution in [0.25, 0.3) is 0 Å². The third-order valence-electron chi connectivity index (χ3n) is 5.24. The van der Waals surface area contributed by atoms with Crippen molar-refractivity contribution in [1.29, 1.82) is 0 Å². The van der Waals surface area contributed by atoms with Crippen molar-refractivity contribution in [1.82, 2.24) is 10.2 Å². The maximum atomic E-state index is 12.9. The molecule has 0 bridgehead atoms. The quantitative estimate of drug-likeness (QED) is 0.407. The van der Waals surface area contributed by atoms with Gasteiger partial charge in [-0.1, -0.05) is 57.2 Å². The highest BCUT2D eigenvalue weighted by atomic mass is 32.2. The normalized spacial score (nSPS) is 28.1. The van der Waals surface area contributed by atoms with Gasteiger partial charge in [-0.2, -0.15) is 0 Å². The zero-order valence-electron chi connectivity index (χ0n) is 18.6. The van der Waals surface area contributed by atoms with Crippen LogP contribution in [0.4, 0.5) is 0 Å². The molecule has 1 aliphatic heterocycles. The van der Waals surface area contributed by atoms with Crippen LogP contribution in [0, 0.1) is 5.41 Å². The van der Waals surface area contributed by atoms with Gasteiger partial charge in [0.25, 0.3) is 5.91 Å². The van der Waals surface area contributed by atoms with Crippen LogP contribution in [0.3, 0.4) is 0 Å². The van der Waals surface area contributed by atoms with E-state index in [1.165, 1.54) is 13.2 Å². The van der Waals surface area contributed by atoms with E-state index in [0.29, 0.717) is 5.75 Å². The van der Waals surface area contributed by atoms with Gasteiger partial charge >= 0.3 is 0 Å². The Morgan fingerprint density at radius 3 is 2.52 bits per heavy atom. The minimum atomic E-state index is -1.69. The summed E-state index contributed by atoms with van der Waals surface area (Å²) in [7, 11) is 2.91. The summed E-state index contributed by atoms with van der Waals surface area (Å²) < 4.78 is 5.11. The van der Waals surface area contributed by atoms with Gasteiger partial charge in [-0.3, -0.25) is 9.59 Å². The maximum Gasteiger partial charge on any atom is 0.252 e. The topological polar surface area (TPSA) is 119 Å². The molecule has 1 fully saturated rings. The smallest absolute Gasteiger partial charge is 0.252 e. The molecule has 8 nitrogen and oxygen atoms in total. The van der Waals surface area contributed by atoms with E-state index < -0.39 is 36.4 Å². The average molecular weight is 455 g/mol. The first-order valence-corrected chi connectivity index (χ1v) is 11.3. The van der Waals surface area contributed by atoms with Gasteiger partial charge in [0, 0.05) is 25.2 Å². The van der Waals surface area contributed by atoms with Gasteiger partial charge in [0.15, 0.2) is 6.10 Å². The van der Waals surface area contributed by atoms with Gasteiger partial charge in [0.05, 0.1) is 6.04 Å². The Morgan fingerprint density at radius 1 is 1.26 bits per heavy atom. The van der Waals surface area contributed by atoms with Crippen LogP contribution in [0.1, 0.15) is 20.8 Å². The number of allylic oxidation sites excluding steroid dienone is 3. The van der Waals surface area contributed by atoms with Crippen molar-refractivity contribution >= 4 is 23.6 Å². The molecule has 1 aliphatic carbocycles. The number of hydrogen-bond acceptors (Lipinski definition) is 7. The number of rotatable bonds is 7. The van der Waals surface area contributed by atoms with E-state index in [4.69, 9.17) is 4.74 Å². The second-order valence-corrected chi connectivity index (χ2v) is 10.1. The van der Waals surface area contributed by atoms with Gasteiger partial charge in [-0.05, 0) is 5.41 Å². The molecule has 2 rings (SSSR count). The molecule has 0 saturated carbocycles. The molecule has 31 heavy (non-hydrogen) atoms. The van der Waals surface area contributed by atoms with Crippen molar-refractivity contribution in [3.63, 3.8) is 0 Å². The molecule has 0 aromatic carbocycles. The number of amides is 2. The summed E-state index contributed by atoms with van der Waals surface area (Å²) in [6, 6.07) is -0.901. The lowest BCUT2D eigenvalue weighted by atomic mass is 9.94. The molecule has 0 aromatic rings. The highest BCUT2D eigenvalue weighted by molar-refractivity contribution is 8.00. The molecule has 4 N–H and O–H groups in total. The number of fused-ring (bicyclic) bond motifs is 1. The van der Waals surface area contributed by atoms with Crippen LogP contribution in [0.2, 0.25) is 0 Å². The molecule has 0 spiro atoms. The molecule has 2 unspecified atom stereocenters. The molecule has 2 amide bonds. The van der Waals surface area contributed by atoms with Crippen LogP contribution in [-0.2, 0) is 14.3 Å². The maximum absolute atomic E-state index is 12.9. The molecule has 1 saturated heterocycles. The number of aliphatic hydroxyl groups excluding tert-OH is 3. The number of carbonyl (C=O) groups excluding carboxylic acids is 2. The van der Waals surface area contributed by atoms with Gasteiger partial charge < -0.3 is 30.3 Å². The number of hydrogen-bond donors (Lipinski definition) is 4. The molecular formula is C22H34N2O6S. The second-order valence-electron chi connectivity index (χ2n) is 8.92. The number of thioether (sulfide) groups is 1. The lowest BCUT2D eigenvalue weighted by Gasteiger charge is -2.31. The summed E-state index contributed by atoms with van der Waals surface area (Å²) in [5.41, 5.74) is -0.227. The molecule has 7 atom stereocenters. The first-order chi connectivity index (χ1) is 14.5. The Morgan fingerprint density at radius 2 is 1.90 bits per heavy atom. The average Bonchev–Trinajstić information content (AvgIpc) is 2.83. The third kappa shape index (κ3) is 6.66. The highest BCUT2D eigenvalue weighted by Crippen LogP contribution is 2.28. The summed E-state index contributed by atoms with van der Waals surface area (Å²) in [6.45, 7) is 5.76. The second kappa shape index (κ2) is 10.8. The summed E-state index contributed by atoms with van der Waals surface area (Å²) in [4.78, 5) is 27.3. The predicted octanol–water partition coefficient (Wildman–Crippen LogP) is 0.240. The number of likely N-dealkylation sites (N-methyl/N-ethyl adjacent to an activating group) is 1. The summed E-state index contributed by atoms with van der Waals surface area (Å²) in [5, 5.41) is 33.7. The fourth-order valence-corrected chi connectivity index (χ4v) is 4.70. The van der Waals surface area contributed by atoms with E-state index >= 15 is 0 Å². The van der Waals surface area contributed by atoms with Gasteiger partial charge in [-0.15, -0.1) is 11.8 Å². The number of methoxy groups -OCH3 is 1. The van der Waals surface area contributed by atoms with E-state index in [1.807, 2.05) is 45.1 Å². The van der Waals surface area contributed by atoms with Crippen molar-refractivity contribution in [3.8, 4) is 0 Å². The Labute approximate surface area is 188 Å².